The highest BCUT2D eigenvalue weighted by Crippen LogP contribution is 2.17. The summed E-state index contributed by atoms with van der Waals surface area (Å²) in [5.74, 6) is 0.818. The number of allylic oxidation sites excluding steroid dienone is 1. The van der Waals surface area contributed by atoms with Gasteiger partial charge in [0.15, 0.2) is 5.78 Å². The summed E-state index contributed by atoms with van der Waals surface area (Å²) < 4.78 is 0. The lowest BCUT2D eigenvalue weighted by molar-refractivity contribution is -0.114. The summed E-state index contributed by atoms with van der Waals surface area (Å²) in [6.45, 7) is 6.38. The molecule has 0 radical (unpaired) electrons. The van der Waals surface area contributed by atoms with Gasteiger partial charge in [-0.15, -0.1) is 0 Å². The minimum Gasteiger partial charge on any atom is -0.330 e. The van der Waals surface area contributed by atoms with E-state index in [2.05, 4.69) is 13.5 Å². The van der Waals surface area contributed by atoms with Crippen LogP contribution in [-0.4, -0.2) is 12.3 Å². The summed E-state index contributed by atoms with van der Waals surface area (Å²) >= 11 is 0. The molecule has 0 aliphatic rings. The summed E-state index contributed by atoms with van der Waals surface area (Å²) in [5, 5.41) is 0. The van der Waals surface area contributed by atoms with Crippen molar-refractivity contribution in [2.75, 3.05) is 6.54 Å². The fraction of sp³-hybridized carbons (Fsp3) is 0.727. The molecule has 0 aromatic carbocycles. The summed E-state index contributed by atoms with van der Waals surface area (Å²) in [6.07, 6.45) is 6.41. The standard InChI is InChI=1S/C11H21NO/c1-3-10(6-5-9-12)7-8-11(13)4-2/h4,10H,2-3,5-9,12H2,1H3. The van der Waals surface area contributed by atoms with Gasteiger partial charge in [0, 0.05) is 6.42 Å². The molecule has 1 atom stereocenters. The molecule has 0 fully saturated rings. The normalized spacial score (nSPS) is 12.5. The molecule has 0 aliphatic carbocycles. The fourth-order valence-electron chi connectivity index (χ4n) is 1.41. The van der Waals surface area contributed by atoms with Crippen molar-refractivity contribution in [2.45, 2.75) is 39.0 Å². The summed E-state index contributed by atoms with van der Waals surface area (Å²) in [7, 11) is 0. The van der Waals surface area contributed by atoms with Crippen molar-refractivity contribution >= 4 is 5.78 Å². The van der Waals surface area contributed by atoms with Crippen molar-refractivity contribution < 1.29 is 4.79 Å². The van der Waals surface area contributed by atoms with E-state index in [4.69, 9.17) is 5.73 Å². The molecule has 76 valence electrons. The summed E-state index contributed by atoms with van der Waals surface area (Å²) in [4.78, 5) is 11.0. The highest BCUT2D eigenvalue weighted by atomic mass is 16.1. The van der Waals surface area contributed by atoms with Crippen LogP contribution in [0.1, 0.15) is 39.0 Å². The zero-order chi connectivity index (χ0) is 10.1. The molecule has 0 saturated heterocycles. The number of rotatable bonds is 8. The van der Waals surface area contributed by atoms with Gasteiger partial charge in [-0.2, -0.15) is 0 Å². The van der Waals surface area contributed by atoms with Gasteiger partial charge >= 0.3 is 0 Å². The molecule has 1 unspecified atom stereocenters. The molecular formula is C11H21NO. The smallest absolute Gasteiger partial charge is 0.155 e. The van der Waals surface area contributed by atoms with Crippen molar-refractivity contribution in [3.63, 3.8) is 0 Å². The van der Waals surface area contributed by atoms with Crippen LogP contribution in [0.5, 0.6) is 0 Å². The van der Waals surface area contributed by atoms with Crippen LogP contribution in [-0.2, 0) is 4.79 Å². The Morgan fingerprint density at radius 1 is 1.54 bits per heavy atom. The van der Waals surface area contributed by atoms with E-state index in [9.17, 15) is 4.79 Å². The predicted octanol–water partition coefficient (Wildman–Crippen LogP) is 2.29. The number of hydrogen-bond donors (Lipinski definition) is 1. The second-order valence-corrected chi connectivity index (χ2v) is 3.41. The van der Waals surface area contributed by atoms with Gasteiger partial charge in [0.1, 0.15) is 0 Å². The Kier molecular flexibility index (Phi) is 7.60. The Labute approximate surface area is 81.2 Å². The van der Waals surface area contributed by atoms with Crippen molar-refractivity contribution in [3.8, 4) is 0 Å². The minimum absolute atomic E-state index is 0.159. The largest absolute Gasteiger partial charge is 0.330 e. The molecule has 0 bridgehead atoms. The van der Waals surface area contributed by atoms with Crippen LogP contribution in [0.3, 0.4) is 0 Å². The van der Waals surface area contributed by atoms with E-state index >= 15 is 0 Å². The predicted molar refractivity (Wildman–Crippen MR) is 56.5 cm³/mol. The van der Waals surface area contributed by atoms with Crippen LogP contribution in [0.25, 0.3) is 0 Å². The summed E-state index contributed by atoms with van der Waals surface area (Å²) in [5.41, 5.74) is 5.43. The highest BCUT2D eigenvalue weighted by Gasteiger charge is 2.07. The lowest BCUT2D eigenvalue weighted by Crippen LogP contribution is -2.06. The first-order valence-corrected chi connectivity index (χ1v) is 5.09. The SMILES string of the molecule is C=CC(=O)CCC(CC)CCCN. The molecule has 2 heteroatoms. The Morgan fingerprint density at radius 2 is 2.23 bits per heavy atom. The maximum Gasteiger partial charge on any atom is 0.155 e. The third-order valence-corrected chi connectivity index (χ3v) is 2.42. The van der Waals surface area contributed by atoms with Crippen molar-refractivity contribution in [3.05, 3.63) is 12.7 Å². The maximum atomic E-state index is 11.0. The number of carbonyl (C=O) groups is 1. The van der Waals surface area contributed by atoms with Gasteiger partial charge < -0.3 is 5.73 Å². The van der Waals surface area contributed by atoms with Crippen molar-refractivity contribution in [2.24, 2.45) is 11.7 Å². The molecule has 13 heavy (non-hydrogen) atoms. The Bertz CT molecular complexity index is 154. The average molecular weight is 183 g/mol. The van der Waals surface area contributed by atoms with E-state index < -0.39 is 0 Å². The number of ketones is 1. The van der Waals surface area contributed by atoms with E-state index in [1.54, 1.807) is 0 Å². The van der Waals surface area contributed by atoms with Gasteiger partial charge in [-0.05, 0) is 37.8 Å². The van der Waals surface area contributed by atoms with E-state index in [1.807, 2.05) is 0 Å². The van der Waals surface area contributed by atoms with Crippen LogP contribution >= 0.6 is 0 Å². The van der Waals surface area contributed by atoms with Crippen molar-refractivity contribution in [1.29, 1.82) is 0 Å². The second kappa shape index (κ2) is 7.99. The van der Waals surface area contributed by atoms with E-state index in [1.165, 1.54) is 6.08 Å². The van der Waals surface area contributed by atoms with E-state index in [0.717, 1.165) is 32.2 Å². The molecule has 0 spiro atoms. The highest BCUT2D eigenvalue weighted by molar-refractivity contribution is 5.88. The first kappa shape index (κ1) is 12.4. The van der Waals surface area contributed by atoms with Gasteiger partial charge in [0.2, 0.25) is 0 Å². The molecule has 0 aromatic rings. The Balaban J connectivity index is 3.58. The van der Waals surface area contributed by atoms with Gasteiger partial charge in [-0.3, -0.25) is 4.79 Å². The molecule has 2 N–H and O–H groups in total. The molecule has 0 aliphatic heterocycles. The molecule has 0 saturated carbocycles. The number of hydrogen-bond acceptors (Lipinski definition) is 2. The van der Waals surface area contributed by atoms with Crippen LogP contribution in [0.2, 0.25) is 0 Å². The lowest BCUT2D eigenvalue weighted by Gasteiger charge is -2.12. The second-order valence-electron chi connectivity index (χ2n) is 3.41. The molecule has 0 amide bonds. The van der Waals surface area contributed by atoms with Gasteiger partial charge in [-0.1, -0.05) is 19.9 Å². The monoisotopic (exact) mass is 183 g/mol. The van der Waals surface area contributed by atoms with Crippen molar-refractivity contribution in [1.82, 2.24) is 0 Å². The molecule has 0 rings (SSSR count). The Hall–Kier alpha value is -0.630. The van der Waals surface area contributed by atoms with Crippen LogP contribution in [0.4, 0.5) is 0 Å². The van der Waals surface area contributed by atoms with Gasteiger partial charge in [0.25, 0.3) is 0 Å². The Morgan fingerprint density at radius 3 is 2.69 bits per heavy atom. The molecule has 0 heterocycles. The molecule has 2 nitrogen and oxygen atoms in total. The molecule has 0 aromatic heterocycles. The first-order chi connectivity index (χ1) is 6.24. The van der Waals surface area contributed by atoms with Crippen LogP contribution in [0.15, 0.2) is 12.7 Å². The zero-order valence-corrected chi connectivity index (χ0v) is 8.59. The van der Waals surface area contributed by atoms with E-state index in [0.29, 0.717) is 12.3 Å². The van der Waals surface area contributed by atoms with Gasteiger partial charge in [-0.25, -0.2) is 0 Å². The quantitative estimate of drug-likeness (QED) is 0.587. The zero-order valence-electron chi connectivity index (χ0n) is 8.59. The van der Waals surface area contributed by atoms with E-state index in [-0.39, 0.29) is 5.78 Å². The maximum absolute atomic E-state index is 11.0. The molecular weight excluding hydrogens is 162 g/mol. The minimum atomic E-state index is 0.159. The van der Waals surface area contributed by atoms with Gasteiger partial charge in [0.05, 0.1) is 0 Å². The first-order valence-electron chi connectivity index (χ1n) is 5.09. The number of carbonyl (C=O) groups excluding carboxylic acids is 1. The lowest BCUT2D eigenvalue weighted by atomic mass is 9.94. The summed E-state index contributed by atoms with van der Waals surface area (Å²) in [6, 6.07) is 0. The van der Waals surface area contributed by atoms with Crippen LogP contribution in [0, 0.1) is 5.92 Å². The number of nitrogens with two attached hydrogens (primary N) is 1. The fourth-order valence-corrected chi connectivity index (χ4v) is 1.41. The average Bonchev–Trinajstić information content (AvgIpc) is 2.17. The van der Waals surface area contributed by atoms with Crippen LogP contribution < -0.4 is 5.73 Å². The third kappa shape index (κ3) is 6.52. The topological polar surface area (TPSA) is 43.1 Å². The third-order valence-electron chi connectivity index (χ3n) is 2.42.